The van der Waals surface area contributed by atoms with Crippen LogP contribution in [-0.2, 0) is 11.3 Å². The standard InChI is InChI=1S/C16H21FN4OS.ClH/c17-12-3-4-13-14(8-12)23-15(20-13)10-21-7-1-2-11(9-21)16(22)19-6-5-18;/h3-4,8,11H,1-2,5-7,9-10,18H2,(H,19,22);1H. The summed E-state index contributed by atoms with van der Waals surface area (Å²) in [6, 6.07) is 4.67. The minimum atomic E-state index is -0.234. The van der Waals surface area contributed by atoms with Crippen LogP contribution in [-0.4, -0.2) is 42.0 Å². The number of rotatable bonds is 5. The third-order valence-corrected chi connectivity index (χ3v) is 5.08. The van der Waals surface area contributed by atoms with Crippen LogP contribution in [0.4, 0.5) is 4.39 Å². The second kappa shape index (κ2) is 8.71. The number of fused-ring (bicyclic) bond motifs is 1. The van der Waals surface area contributed by atoms with Crippen LogP contribution in [0.5, 0.6) is 0 Å². The van der Waals surface area contributed by atoms with Gasteiger partial charge < -0.3 is 11.1 Å². The number of piperidine rings is 1. The summed E-state index contributed by atoms with van der Waals surface area (Å²) >= 11 is 1.52. The number of aromatic nitrogens is 1. The summed E-state index contributed by atoms with van der Waals surface area (Å²) in [6.07, 6.45) is 1.91. The lowest BCUT2D eigenvalue weighted by Gasteiger charge is -2.31. The number of nitrogens with one attached hydrogen (secondary N) is 1. The van der Waals surface area contributed by atoms with Crippen LogP contribution in [0.2, 0.25) is 0 Å². The quantitative estimate of drug-likeness (QED) is 0.843. The zero-order chi connectivity index (χ0) is 16.2. The van der Waals surface area contributed by atoms with Crippen LogP contribution in [0.25, 0.3) is 10.2 Å². The zero-order valence-corrected chi connectivity index (χ0v) is 15.0. The molecule has 0 saturated carbocycles. The van der Waals surface area contributed by atoms with Crippen molar-refractivity contribution in [3.05, 3.63) is 29.0 Å². The lowest BCUT2D eigenvalue weighted by molar-refractivity contribution is -0.126. The normalized spacial score (nSPS) is 18.3. The van der Waals surface area contributed by atoms with Crippen molar-refractivity contribution < 1.29 is 9.18 Å². The fourth-order valence-electron chi connectivity index (χ4n) is 2.96. The maximum atomic E-state index is 13.3. The summed E-state index contributed by atoms with van der Waals surface area (Å²) in [5.74, 6) is -0.129. The molecule has 5 nitrogen and oxygen atoms in total. The maximum Gasteiger partial charge on any atom is 0.224 e. The summed E-state index contributed by atoms with van der Waals surface area (Å²) in [6.45, 7) is 3.40. The first kappa shape index (κ1) is 19.1. The van der Waals surface area contributed by atoms with E-state index in [0.29, 0.717) is 19.6 Å². The Bertz CT molecular complexity index is 696. The van der Waals surface area contributed by atoms with E-state index in [4.69, 9.17) is 5.73 Å². The average molecular weight is 373 g/mol. The molecule has 0 aliphatic carbocycles. The molecule has 1 unspecified atom stereocenters. The molecule has 1 amide bonds. The molecule has 0 radical (unpaired) electrons. The first-order chi connectivity index (χ1) is 11.2. The minimum absolute atomic E-state index is 0. The molecule has 132 valence electrons. The molecule has 3 rings (SSSR count). The van der Waals surface area contributed by atoms with Gasteiger partial charge in [-0.1, -0.05) is 0 Å². The Hall–Kier alpha value is -1.28. The number of carbonyl (C=O) groups is 1. The van der Waals surface area contributed by atoms with Crippen LogP contribution >= 0.6 is 23.7 Å². The number of benzene rings is 1. The second-order valence-electron chi connectivity index (χ2n) is 5.87. The van der Waals surface area contributed by atoms with Gasteiger partial charge in [0.25, 0.3) is 0 Å². The van der Waals surface area contributed by atoms with Crippen molar-refractivity contribution in [2.75, 3.05) is 26.2 Å². The van der Waals surface area contributed by atoms with Crippen molar-refractivity contribution in [1.82, 2.24) is 15.2 Å². The Labute approximate surface area is 150 Å². The Morgan fingerprint density at radius 3 is 3.12 bits per heavy atom. The summed E-state index contributed by atoms with van der Waals surface area (Å²) < 4.78 is 14.1. The van der Waals surface area contributed by atoms with Gasteiger partial charge in [0, 0.05) is 19.6 Å². The molecule has 3 N–H and O–H groups in total. The van der Waals surface area contributed by atoms with Crippen LogP contribution in [0.15, 0.2) is 18.2 Å². The predicted molar refractivity (Wildman–Crippen MR) is 96.9 cm³/mol. The van der Waals surface area contributed by atoms with E-state index < -0.39 is 0 Å². The van der Waals surface area contributed by atoms with Crippen LogP contribution in [0.1, 0.15) is 17.8 Å². The highest BCUT2D eigenvalue weighted by Gasteiger charge is 2.26. The van der Waals surface area contributed by atoms with Crippen molar-refractivity contribution in [3.63, 3.8) is 0 Å². The highest BCUT2D eigenvalue weighted by molar-refractivity contribution is 7.18. The van der Waals surface area contributed by atoms with Crippen LogP contribution in [0, 0.1) is 11.7 Å². The minimum Gasteiger partial charge on any atom is -0.355 e. The van der Waals surface area contributed by atoms with Crippen molar-refractivity contribution in [3.8, 4) is 0 Å². The number of nitrogens with zero attached hydrogens (tertiary/aromatic N) is 2. The number of likely N-dealkylation sites (tertiary alicyclic amines) is 1. The molecule has 1 aliphatic rings. The predicted octanol–water partition coefficient (Wildman–Crippen LogP) is 2.14. The Morgan fingerprint density at radius 1 is 1.50 bits per heavy atom. The van der Waals surface area contributed by atoms with E-state index in [1.807, 2.05) is 0 Å². The van der Waals surface area contributed by atoms with Crippen LogP contribution < -0.4 is 11.1 Å². The molecule has 2 aromatic rings. The number of amides is 1. The van der Waals surface area contributed by atoms with E-state index in [0.717, 1.165) is 41.2 Å². The van der Waals surface area contributed by atoms with Gasteiger partial charge in [-0.25, -0.2) is 9.37 Å². The lowest BCUT2D eigenvalue weighted by atomic mass is 9.97. The zero-order valence-electron chi connectivity index (χ0n) is 13.3. The number of halogens is 2. The smallest absolute Gasteiger partial charge is 0.224 e. The highest BCUT2D eigenvalue weighted by Crippen LogP contribution is 2.25. The van der Waals surface area contributed by atoms with E-state index in [1.54, 1.807) is 6.07 Å². The summed E-state index contributed by atoms with van der Waals surface area (Å²) in [7, 11) is 0. The van der Waals surface area contributed by atoms with Gasteiger partial charge in [0.2, 0.25) is 5.91 Å². The van der Waals surface area contributed by atoms with E-state index >= 15 is 0 Å². The van der Waals surface area contributed by atoms with Gasteiger partial charge in [-0.2, -0.15) is 0 Å². The maximum absolute atomic E-state index is 13.3. The number of thiazole rings is 1. The molecule has 8 heteroatoms. The molecule has 1 fully saturated rings. The number of hydrogen-bond donors (Lipinski definition) is 2. The van der Waals surface area contributed by atoms with Gasteiger partial charge in [-0.05, 0) is 37.6 Å². The Kier molecular flexibility index (Phi) is 6.91. The highest BCUT2D eigenvalue weighted by atomic mass is 35.5. The van der Waals surface area contributed by atoms with E-state index in [2.05, 4.69) is 15.2 Å². The van der Waals surface area contributed by atoms with Gasteiger partial charge in [0.15, 0.2) is 0 Å². The molecule has 0 bridgehead atoms. The fraction of sp³-hybridized carbons (Fsp3) is 0.500. The summed E-state index contributed by atoms with van der Waals surface area (Å²) in [5.41, 5.74) is 6.26. The number of hydrogen-bond acceptors (Lipinski definition) is 5. The Morgan fingerprint density at radius 2 is 2.33 bits per heavy atom. The molecule has 1 aromatic carbocycles. The molecule has 1 aliphatic heterocycles. The molecule has 1 aromatic heterocycles. The van der Waals surface area contributed by atoms with Crippen molar-refractivity contribution in [2.24, 2.45) is 11.7 Å². The molecular weight excluding hydrogens is 351 g/mol. The third kappa shape index (κ3) is 4.63. The van der Waals surface area contributed by atoms with Crippen molar-refractivity contribution in [1.29, 1.82) is 0 Å². The molecule has 24 heavy (non-hydrogen) atoms. The largest absolute Gasteiger partial charge is 0.355 e. The number of carbonyl (C=O) groups excluding carboxylic acids is 1. The van der Waals surface area contributed by atoms with Gasteiger partial charge in [-0.3, -0.25) is 9.69 Å². The average Bonchev–Trinajstić information content (AvgIpc) is 2.94. The van der Waals surface area contributed by atoms with Gasteiger partial charge in [-0.15, -0.1) is 23.7 Å². The lowest BCUT2D eigenvalue weighted by Crippen LogP contribution is -2.43. The fourth-order valence-corrected chi connectivity index (χ4v) is 3.99. The third-order valence-electron chi connectivity index (χ3n) is 4.07. The summed E-state index contributed by atoms with van der Waals surface area (Å²) in [4.78, 5) is 18.9. The van der Waals surface area contributed by atoms with Crippen LogP contribution in [0.3, 0.4) is 0 Å². The van der Waals surface area contributed by atoms with E-state index in [1.165, 1.54) is 23.5 Å². The number of nitrogens with two attached hydrogens (primary N) is 1. The summed E-state index contributed by atoms with van der Waals surface area (Å²) in [5, 5.41) is 3.84. The molecule has 1 saturated heterocycles. The Balaban J connectivity index is 0.00000208. The molecule has 0 spiro atoms. The monoisotopic (exact) mass is 372 g/mol. The molecule has 2 heterocycles. The van der Waals surface area contributed by atoms with Crippen molar-refractivity contribution >= 4 is 39.9 Å². The van der Waals surface area contributed by atoms with Crippen molar-refractivity contribution in [2.45, 2.75) is 19.4 Å². The van der Waals surface area contributed by atoms with Gasteiger partial charge >= 0.3 is 0 Å². The van der Waals surface area contributed by atoms with E-state index in [-0.39, 0.29) is 30.0 Å². The molecular formula is C16H22ClFN4OS. The first-order valence-electron chi connectivity index (χ1n) is 7.91. The van der Waals surface area contributed by atoms with Gasteiger partial charge in [0.1, 0.15) is 10.8 Å². The molecule has 1 atom stereocenters. The SMILES string of the molecule is Cl.NCCNC(=O)C1CCCN(Cc2nc3ccc(F)cc3s2)C1. The second-order valence-corrected chi connectivity index (χ2v) is 6.99. The topological polar surface area (TPSA) is 71.2 Å². The van der Waals surface area contributed by atoms with E-state index in [9.17, 15) is 9.18 Å². The van der Waals surface area contributed by atoms with Gasteiger partial charge in [0.05, 0.1) is 22.7 Å². The first-order valence-corrected chi connectivity index (χ1v) is 8.72.